The molecule has 1 N–H and O–H groups in total. The highest BCUT2D eigenvalue weighted by molar-refractivity contribution is 6.28. The van der Waals surface area contributed by atoms with Gasteiger partial charge >= 0.3 is 0 Å². The topological polar surface area (TPSA) is 80.9 Å². The Bertz CT molecular complexity index is 1110. The molecule has 4 aromatic rings. The lowest BCUT2D eigenvalue weighted by atomic mass is 10.2. The van der Waals surface area contributed by atoms with Crippen LogP contribution in [0, 0.1) is 6.92 Å². The number of rotatable bonds is 5. The monoisotopic (exact) mass is 377 g/mol. The molecule has 0 aliphatic rings. The highest BCUT2D eigenvalue weighted by atomic mass is 35.5. The third-order valence-corrected chi connectivity index (χ3v) is 4.11. The lowest BCUT2D eigenvalue weighted by Gasteiger charge is -2.05. The van der Waals surface area contributed by atoms with Gasteiger partial charge in [-0.1, -0.05) is 35.9 Å². The molecule has 4 rings (SSSR count). The number of halogens is 1. The van der Waals surface area contributed by atoms with Crippen molar-refractivity contribution >= 4 is 34.8 Å². The lowest BCUT2D eigenvalue weighted by Crippen LogP contribution is -2.02. The minimum absolute atomic E-state index is 0.128. The van der Waals surface area contributed by atoms with Gasteiger partial charge in [-0.05, 0) is 35.7 Å². The first-order chi connectivity index (χ1) is 13.2. The molecule has 0 aliphatic heterocycles. The van der Waals surface area contributed by atoms with E-state index in [0.29, 0.717) is 23.5 Å². The number of fused-ring (bicyclic) bond motifs is 1. The SMILES string of the molecule is Cc1cccc(/C=N/Nc2nc(Cl)nc3c2ncn3Cc2cccnc2)c1. The quantitative estimate of drug-likeness (QED) is 0.326. The van der Waals surface area contributed by atoms with E-state index in [9.17, 15) is 0 Å². The maximum absolute atomic E-state index is 6.10. The van der Waals surface area contributed by atoms with E-state index in [1.807, 2.05) is 47.9 Å². The molecule has 0 saturated carbocycles. The summed E-state index contributed by atoms with van der Waals surface area (Å²) in [5.41, 5.74) is 7.35. The molecule has 134 valence electrons. The van der Waals surface area contributed by atoms with Gasteiger partial charge in [0.15, 0.2) is 17.0 Å². The first kappa shape index (κ1) is 17.1. The highest BCUT2D eigenvalue weighted by Gasteiger charge is 2.12. The molecule has 7 nitrogen and oxygen atoms in total. The van der Waals surface area contributed by atoms with Crippen LogP contribution >= 0.6 is 11.6 Å². The van der Waals surface area contributed by atoms with Crippen molar-refractivity contribution in [3.63, 3.8) is 0 Å². The number of hydrogen-bond donors (Lipinski definition) is 1. The molecular formula is C19H16ClN7. The number of hydrazone groups is 1. The van der Waals surface area contributed by atoms with Crippen LogP contribution in [0.1, 0.15) is 16.7 Å². The molecule has 0 amide bonds. The molecule has 0 aliphatic carbocycles. The number of anilines is 1. The fourth-order valence-corrected chi connectivity index (χ4v) is 2.88. The van der Waals surface area contributed by atoms with E-state index < -0.39 is 0 Å². The summed E-state index contributed by atoms with van der Waals surface area (Å²) in [6.45, 7) is 2.62. The number of hydrogen-bond acceptors (Lipinski definition) is 6. The summed E-state index contributed by atoms with van der Waals surface area (Å²) in [6.07, 6.45) is 6.97. The average Bonchev–Trinajstić information content (AvgIpc) is 3.05. The predicted molar refractivity (Wildman–Crippen MR) is 106 cm³/mol. The van der Waals surface area contributed by atoms with Crippen molar-refractivity contribution in [1.29, 1.82) is 0 Å². The summed E-state index contributed by atoms with van der Waals surface area (Å²) < 4.78 is 1.90. The number of imidazole rings is 1. The fraction of sp³-hybridized carbons (Fsp3) is 0.105. The van der Waals surface area contributed by atoms with Gasteiger partial charge in [0, 0.05) is 12.4 Å². The minimum Gasteiger partial charge on any atom is -0.311 e. The highest BCUT2D eigenvalue weighted by Crippen LogP contribution is 2.21. The Morgan fingerprint density at radius 2 is 2.15 bits per heavy atom. The number of pyridine rings is 1. The van der Waals surface area contributed by atoms with Crippen molar-refractivity contribution in [3.8, 4) is 0 Å². The van der Waals surface area contributed by atoms with E-state index in [-0.39, 0.29) is 5.28 Å². The van der Waals surface area contributed by atoms with Gasteiger partial charge in [-0.25, -0.2) is 4.98 Å². The van der Waals surface area contributed by atoms with Gasteiger partial charge in [0.25, 0.3) is 0 Å². The van der Waals surface area contributed by atoms with Crippen LogP contribution in [-0.4, -0.2) is 30.7 Å². The summed E-state index contributed by atoms with van der Waals surface area (Å²) in [6, 6.07) is 11.9. The molecule has 0 bridgehead atoms. The molecule has 0 spiro atoms. The molecule has 0 unspecified atom stereocenters. The summed E-state index contributed by atoms with van der Waals surface area (Å²) in [5.74, 6) is 0.457. The van der Waals surface area contributed by atoms with Gasteiger partial charge < -0.3 is 4.57 Å². The standard InChI is InChI=1S/C19H16ClN7/c1-13-4-2-5-14(8-13)10-23-26-17-16-18(25-19(20)24-17)27(12-22-16)11-15-6-3-7-21-9-15/h2-10,12H,11H2,1H3,(H,24,25,26)/b23-10+. The second-order valence-electron chi connectivity index (χ2n) is 6.03. The van der Waals surface area contributed by atoms with Crippen LogP contribution < -0.4 is 5.43 Å². The second-order valence-corrected chi connectivity index (χ2v) is 6.37. The Labute approximate surface area is 160 Å². The number of aryl methyl sites for hydroxylation is 1. The van der Waals surface area contributed by atoms with Crippen LogP contribution in [0.25, 0.3) is 11.2 Å². The summed E-state index contributed by atoms with van der Waals surface area (Å²) in [4.78, 5) is 17.1. The molecular weight excluding hydrogens is 362 g/mol. The Balaban J connectivity index is 1.61. The van der Waals surface area contributed by atoms with Gasteiger partial charge in [0.05, 0.1) is 19.1 Å². The molecule has 27 heavy (non-hydrogen) atoms. The Hall–Kier alpha value is -3.32. The molecule has 1 aromatic carbocycles. The van der Waals surface area contributed by atoms with Crippen molar-refractivity contribution in [2.75, 3.05) is 5.43 Å². The van der Waals surface area contributed by atoms with E-state index in [0.717, 1.165) is 11.1 Å². The Morgan fingerprint density at radius 3 is 2.96 bits per heavy atom. The van der Waals surface area contributed by atoms with E-state index in [1.54, 1.807) is 24.9 Å². The Kier molecular flexibility index (Phi) is 4.76. The van der Waals surface area contributed by atoms with Gasteiger partial charge in [-0.15, -0.1) is 0 Å². The van der Waals surface area contributed by atoms with E-state index >= 15 is 0 Å². The Morgan fingerprint density at radius 1 is 1.22 bits per heavy atom. The first-order valence-corrected chi connectivity index (χ1v) is 8.70. The minimum atomic E-state index is 0.128. The summed E-state index contributed by atoms with van der Waals surface area (Å²) >= 11 is 6.10. The predicted octanol–water partition coefficient (Wildman–Crippen LogP) is 3.68. The third-order valence-electron chi connectivity index (χ3n) is 3.94. The first-order valence-electron chi connectivity index (χ1n) is 8.32. The zero-order chi connectivity index (χ0) is 18.6. The molecule has 0 fully saturated rings. The van der Waals surface area contributed by atoms with Crippen LogP contribution in [0.3, 0.4) is 0 Å². The summed E-state index contributed by atoms with van der Waals surface area (Å²) in [5, 5.41) is 4.38. The number of aromatic nitrogens is 5. The van der Waals surface area contributed by atoms with Crippen LogP contribution in [0.15, 0.2) is 60.2 Å². The zero-order valence-corrected chi connectivity index (χ0v) is 15.3. The molecule has 0 saturated heterocycles. The van der Waals surface area contributed by atoms with E-state index in [4.69, 9.17) is 11.6 Å². The van der Waals surface area contributed by atoms with Crippen molar-refractivity contribution in [3.05, 3.63) is 77.1 Å². The summed E-state index contributed by atoms with van der Waals surface area (Å²) in [7, 11) is 0. The van der Waals surface area contributed by atoms with E-state index in [1.165, 1.54) is 5.56 Å². The normalized spacial score (nSPS) is 11.3. The number of nitrogens with one attached hydrogen (secondary N) is 1. The van der Waals surface area contributed by atoms with Crippen LogP contribution in [-0.2, 0) is 6.54 Å². The number of benzene rings is 1. The van der Waals surface area contributed by atoms with Crippen LogP contribution in [0.5, 0.6) is 0 Å². The molecule has 0 radical (unpaired) electrons. The van der Waals surface area contributed by atoms with Crippen molar-refractivity contribution in [2.45, 2.75) is 13.5 Å². The van der Waals surface area contributed by atoms with Crippen molar-refractivity contribution < 1.29 is 0 Å². The zero-order valence-electron chi connectivity index (χ0n) is 14.5. The van der Waals surface area contributed by atoms with Crippen molar-refractivity contribution in [1.82, 2.24) is 24.5 Å². The largest absolute Gasteiger partial charge is 0.311 e. The maximum atomic E-state index is 6.10. The van der Waals surface area contributed by atoms with Crippen LogP contribution in [0.4, 0.5) is 5.82 Å². The molecule has 8 heteroatoms. The van der Waals surface area contributed by atoms with Gasteiger partial charge in [0.1, 0.15) is 0 Å². The van der Waals surface area contributed by atoms with Crippen molar-refractivity contribution in [2.24, 2.45) is 5.10 Å². The third kappa shape index (κ3) is 3.93. The maximum Gasteiger partial charge on any atom is 0.226 e. The fourth-order valence-electron chi connectivity index (χ4n) is 2.72. The molecule has 0 atom stereocenters. The number of nitrogens with zero attached hydrogens (tertiary/aromatic N) is 6. The smallest absolute Gasteiger partial charge is 0.226 e. The average molecular weight is 378 g/mol. The lowest BCUT2D eigenvalue weighted by molar-refractivity contribution is 0.809. The second kappa shape index (κ2) is 7.51. The van der Waals surface area contributed by atoms with Gasteiger partial charge in [0.2, 0.25) is 5.28 Å². The molecule has 3 heterocycles. The van der Waals surface area contributed by atoms with Crippen LogP contribution in [0.2, 0.25) is 5.28 Å². The van der Waals surface area contributed by atoms with Gasteiger partial charge in [-0.2, -0.15) is 15.1 Å². The van der Waals surface area contributed by atoms with Gasteiger partial charge in [-0.3, -0.25) is 10.4 Å². The molecule has 3 aromatic heterocycles. The van der Waals surface area contributed by atoms with E-state index in [2.05, 4.69) is 30.5 Å².